The van der Waals surface area contributed by atoms with Gasteiger partial charge in [0, 0.05) is 24.6 Å². The number of aliphatic hydroxyl groups excluding tert-OH is 1. The van der Waals surface area contributed by atoms with Crippen LogP contribution in [0.15, 0.2) is 43.0 Å². The highest BCUT2D eigenvalue weighted by atomic mass is 16.3. The monoisotopic (exact) mass is 314 g/mol. The number of aromatic nitrogens is 2. The largest absolute Gasteiger partial charge is 0.391 e. The molecule has 1 fully saturated rings. The van der Waals surface area contributed by atoms with Crippen molar-refractivity contribution in [3.63, 3.8) is 0 Å². The van der Waals surface area contributed by atoms with Gasteiger partial charge in [-0.3, -0.25) is 0 Å². The molecule has 23 heavy (non-hydrogen) atoms. The number of rotatable bonds is 6. The average molecular weight is 314 g/mol. The van der Waals surface area contributed by atoms with Crippen LogP contribution in [0.2, 0.25) is 0 Å². The van der Waals surface area contributed by atoms with E-state index in [1.54, 1.807) is 12.5 Å². The van der Waals surface area contributed by atoms with Crippen molar-refractivity contribution in [2.24, 2.45) is 5.92 Å². The minimum absolute atomic E-state index is 0.128. The van der Waals surface area contributed by atoms with Crippen LogP contribution in [0.3, 0.4) is 0 Å². The van der Waals surface area contributed by atoms with Gasteiger partial charge >= 0.3 is 6.03 Å². The van der Waals surface area contributed by atoms with Gasteiger partial charge in [0.05, 0.1) is 18.5 Å². The lowest BCUT2D eigenvalue weighted by molar-refractivity contribution is 0.149. The van der Waals surface area contributed by atoms with E-state index in [0.717, 1.165) is 24.1 Å². The highest BCUT2D eigenvalue weighted by molar-refractivity contribution is 5.74. The number of aliphatic hydroxyl groups is 1. The third-order valence-corrected chi connectivity index (χ3v) is 4.16. The van der Waals surface area contributed by atoms with Gasteiger partial charge < -0.3 is 20.3 Å². The molecule has 1 saturated carbocycles. The standard InChI is InChI=1S/C17H22N4O2/c1-12(20-17(23)19-10-16(22)13-5-6-13)14-3-2-4-15(9-14)21-8-7-18-11-21/h2-4,7-9,11-13,16,22H,5-6,10H2,1H3,(H2,19,20,23)/t12-,16-/m0/s1. The van der Waals surface area contributed by atoms with E-state index in [1.807, 2.05) is 42.0 Å². The van der Waals surface area contributed by atoms with Crippen molar-refractivity contribution in [2.75, 3.05) is 6.54 Å². The quantitative estimate of drug-likeness (QED) is 0.763. The molecule has 1 heterocycles. The van der Waals surface area contributed by atoms with Gasteiger partial charge in [-0.25, -0.2) is 9.78 Å². The van der Waals surface area contributed by atoms with Crippen molar-refractivity contribution < 1.29 is 9.90 Å². The number of nitrogens with zero attached hydrogens (tertiary/aromatic N) is 2. The summed E-state index contributed by atoms with van der Waals surface area (Å²) in [4.78, 5) is 16.0. The molecule has 6 nitrogen and oxygen atoms in total. The van der Waals surface area contributed by atoms with Crippen molar-refractivity contribution in [2.45, 2.75) is 31.9 Å². The van der Waals surface area contributed by atoms with Gasteiger partial charge in [0.15, 0.2) is 0 Å². The number of nitrogens with one attached hydrogen (secondary N) is 2. The zero-order chi connectivity index (χ0) is 16.2. The predicted molar refractivity (Wildman–Crippen MR) is 87.2 cm³/mol. The van der Waals surface area contributed by atoms with Crippen LogP contribution in [-0.2, 0) is 0 Å². The lowest BCUT2D eigenvalue weighted by atomic mass is 10.1. The summed E-state index contributed by atoms with van der Waals surface area (Å²) in [6.07, 6.45) is 7.03. The molecule has 3 N–H and O–H groups in total. The zero-order valence-corrected chi connectivity index (χ0v) is 13.1. The van der Waals surface area contributed by atoms with Crippen LogP contribution >= 0.6 is 0 Å². The number of benzene rings is 1. The zero-order valence-electron chi connectivity index (χ0n) is 13.1. The fourth-order valence-electron chi connectivity index (χ4n) is 2.54. The highest BCUT2D eigenvalue weighted by Gasteiger charge is 2.29. The van der Waals surface area contributed by atoms with Gasteiger partial charge in [-0.05, 0) is 43.4 Å². The number of urea groups is 1. The Morgan fingerprint density at radius 1 is 1.48 bits per heavy atom. The Morgan fingerprint density at radius 3 is 3.00 bits per heavy atom. The molecule has 0 radical (unpaired) electrons. The molecule has 0 saturated heterocycles. The fraction of sp³-hybridized carbons (Fsp3) is 0.412. The lowest BCUT2D eigenvalue weighted by Crippen LogP contribution is -2.41. The summed E-state index contributed by atoms with van der Waals surface area (Å²) in [5.74, 6) is 0.361. The Hall–Kier alpha value is -2.34. The minimum Gasteiger partial charge on any atom is -0.391 e. The van der Waals surface area contributed by atoms with Gasteiger partial charge in [-0.15, -0.1) is 0 Å². The summed E-state index contributed by atoms with van der Waals surface area (Å²) in [5.41, 5.74) is 2.01. The van der Waals surface area contributed by atoms with Crippen LogP contribution in [0, 0.1) is 5.92 Å². The van der Waals surface area contributed by atoms with Gasteiger partial charge in [-0.1, -0.05) is 12.1 Å². The molecular weight excluding hydrogens is 292 g/mol. The van der Waals surface area contributed by atoms with E-state index >= 15 is 0 Å². The topological polar surface area (TPSA) is 79.2 Å². The third kappa shape index (κ3) is 4.10. The van der Waals surface area contributed by atoms with Crippen LogP contribution < -0.4 is 10.6 Å². The van der Waals surface area contributed by atoms with Crippen LogP contribution in [0.1, 0.15) is 31.4 Å². The molecule has 2 amide bonds. The molecular formula is C17H22N4O2. The second-order valence-corrected chi connectivity index (χ2v) is 6.05. The number of carbonyl (C=O) groups is 1. The van der Waals surface area contributed by atoms with Crippen molar-refractivity contribution in [1.29, 1.82) is 0 Å². The van der Waals surface area contributed by atoms with Crippen molar-refractivity contribution in [3.8, 4) is 5.69 Å². The number of imidazole rings is 1. The molecule has 1 aromatic heterocycles. The molecule has 0 spiro atoms. The smallest absolute Gasteiger partial charge is 0.315 e. The van der Waals surface area contributed by atoms with Gasteiger partial charge in [0.2, 0.25) is 0 Å². The summed E-state index contributed by atoms with van der Waals surface area (Å²) in [6, 6.07) is 7.55. The molecule has 0 bridgehead atoms. The molecule has 1 aliphatic rings. The van der Waals surface area contributed by atoms with E-state index in [2.05, 4.69) is 15.6 Å². The third-order valence-electron chi connectivity index (χ3n) is 4.16. The molecule has 6 heteroatoms. The van der Waals surface area contributed by atoms with Crippen LogP contribution in [0.4, 0.5) is 4.79 Å². The first-order chi connectivity index (χ1) is 11.1. The molecule has 1 aromatic carbocycles. The van der Waals surface area contributed by atoms with E-state index < -0.39 is 6.10 Å². The number of carbonyl (C=O) groups excluding carboxylic acids is 1. The summed E-state index contributed by atoms with van der Waals surface area (Å²) in [7, 11) is 0. The molecule has 0 aliphatic heterocycles. The Labute approximate surface area is 135 Å². The maximum atomic E-state index is 11.9. The predicted octanol–water partition coefficient (Wildman–Crippen LogP) is 2.00. The van der Waals surface area contributed by atoms with Crippen LogP contribution in [0.5, 0.6) is 0 Å². The van der Waals surface area contributed by atoms with E-state index in [4.69, 9.17) is 0 Å². The maximum absolute atomic E-state index is 11.9. The SMILES string of the molecule is C[C@H](NC(=O)NC[C@H](O)C1CC1)c1cccc(-n2ccnc2)c1. The van der Waals surface area contributed by atoms with E-state index in [0.29, 0.717) is 12.5 Å². The first kappa shape index (κ1) is 15.6. The van der Waals surface area contributed by atoms with Crippen molar-refractivity contribution >= 4 is 6.03 Å². The Bertz CT molecular complexity index is 652. The number of hydrogen-bond acceptors (Lipinski definition) is 3. The summed E-state index contributed by atoms with van der Waals surface area (Å²) >= 11 is 0. The molecule has 0 unspecified atom stereocenters. The summed E-state index contributed by atoms with van der Waals surface area (Å²) < 4.78 is 1.92. The average Bonchev–Trinajstić information content (AvgIpc) is 3.27. The number of amides is 2. The van der Waals surface area contributed by atoms with Crippen molar-refractivity contribution in [1.82, 2.24) is 20.2 Å². The first-order valence-corrected chi connectivity index (χ1v) is 7.94. The second kappa shape index (κ2) is 6.83. The van der Waals surface area contributed by atoms with E-state index in [9.17, 15) is 9.90 Å². The molecule has 122 valence electrons. The Kier molecular flexibility index (Phi) is 4.62. The van der Waals surface area contributed by atoms with Crippen LogP contribution in [0.25, 0.3) is 5.69 Å². The van der Waals surface area contributed by atoms with Crippen molar-refractivity contribution in [3.05, 3.63) is 48.5 Å². The summed E-state index contributed by atoms with van der Waals surface area (Å²) in [6.45, 7) is 2.24. The molecule has 1 aliphatic carbocycles. The Morgan fingerprint density at radius 2 is 2.30 bits per heavy atom. The Balaban J connectivity index is 1.56. The second-order valence-electron chi connectivity index (χ2n) is 6.05. The van der Waals surface area contributed by atoms with E-state index in [-0.39, 0.29) is 12.1 Å². The fourth-order valence-corrected chi connectivity index (χ4v) is 2.54. The molecule has 3 rings (SSSR count). The molecule has 2 atom stereocenters. The minimum atomic E-state index is -0.430. The van der Waals surface area contributed by atoms with E-state index in [1.165, 1.54) is 0 Å². The van der Waals surface area contributed by atoms with Crippen LogP contribution in [-0.4, -0.2) is 33.3 Å². The maximum Gasteiger partial charge on any atom is 0.315 e. The lowest BCUT2D eigenvalue weighted by Gasteiger charge is -2.17. The first-order valence-electron chi connectivity index (χ1n) is 7.94. The number of hydrogen-bond donors (Lipinski definition) is 3. The van der Waals surface area contributed by atoms with Gasteiger partial charge in [0.25, 0.3) is 0 Å². The normalized spacial score (nSPS) is 16.6. The molecule has 2 aromatic rings. The van der Waals surface area contributed by atoms with Gasteiger partial charge in [0.1, 0.15) is 0 Å². The van der Waals surface area contributed by atoms with Gasteiger partial charge in [-0.2, -0.15) is 0 Å². The summed E-state index contributed by atoms with van der Waals surface area (Å²) in [5, 5.41) is 15.4. The highest BCUT2D eigenvalue weighted by Crippen LogP contribution is 2.32.